The van der Waals surface area contributed by atoms with Gasteiger partial charge in [0.25, 0.3) is 0 Å². The molecule has 5 heteroatoms. The first kappa shape index (κ1) is 15.4. The first-order chi connectivity index (χ1) is 12.2. The third-order valence-electron chi connectivity index (χ3n) is 3.66. The maximum Gasteiger partial charge on any atom is 0.363 e. The number of cyclic esters (lactones) is 1. The van der Waals surface area contributed by atoms with E-state index < -0.39 is 5.97 Å². The Kier molecular flexibility index (Phi) is 3.96. The summed E-state index contributed by atoms with van der Waals surface area (Å²) >= 11 is 6.00. The number of esters is 1. The van der Waals surface area contributed by atoms with Crippen molar-refractivity contribution in [3.05, 3.63) is 88.8 Å². The van der Waals surface area contributed by atoms with Crippen molar-refractivity contribution in [3.63, 3.8) is 0 Å². The normalized spacial score (nSPS) is 15.3. The Morgan fingerprint density at radius 1 is 0.920 bits per heavy atom. The van der Waals surface area contributed by atoms with Gasteiger partial charge >= 0.3 is 5.97 Å². The lowest BCUT2D eigenvalue weighted by Gasteiger charge is -1.97. The Bertz CT molecular complexity index is 1000. The van der Waals surface area contributed by atoms with E-state index >= 15 is 0 Å². The van der Waals surface area contributed by atoms with Crippen molar-refractivity contribution in [2.24, 2.45) is 4.99 Å². The Hall–Kier alpha value is -3.11. The van der Waals surface area contributed by atoms with Crippen LogP contribution in [0.5, 0.6) is 0 Å². The van der Waals surface area contributed by atoms with Gasteiger partial charge in [-0.3, -0.25) is 0 Å². The second-order valence-corrected chi connectivity index (χ2v) is 5.85. The molecule has 25 heavy (non-hydrogen) atoms. The van der Waals surface area contributed by atoms with E-state index in [1.807, 2.05) is 54.6 Å². The fourth-order valence-electron chi connectivity index (χ4n) is 2.48. The van der Waals surface area contributed by atoms with Crippen LogP contribution in [0.3, 0.4) is 0 Å². The van der Waals surface area contributed by atoms with E-state index in [4.69, 9.17) is 20.8 Å². The standard InChI is InChI=1S/C20H12ClNO3/c21-15-8-4-7-14(11-15)18-10-9-16(24-18)12-17-20(23)25-19(22-17)13-5-2-1-3-6-13/h1-12H/b17-12-. The molecule has 1 aliphatic rings. The molecule has 0 atom stereocenters. The largest absolute Gasteiger partial charge is 0.457 e. The van der Waals surface area contributed by atoms with Gasteiger partial charge in [0, 0.05) is 22.2 Å². The van der Waals surface area contributed by atoms with Crippen LogP contribution in [0.25, 0.3) is 17.4 Å². The van der Waals surface area contributed by atoms with Gasteiger partial charge in [0.05, 0.1) is 0 Å². The highest BCUT2D eigenvalue weighted by Gasteiger charge is 2.24. The van der Waals surface area contributed by atoms with Crippen molar-refractivity contribution in [3.8, 4) is 11.3 Å². The first-order valence-electron chi connectivity index (χ1n) is 7.63. The number of carbonyl (C=O) groups excluding carboxylic acids is 1. The molecule has 0 saturated heterocycles. The topological polar surface area (TPSA) is 51.8 Å². The van der Waals surface area contributed by atoms with Crippen LogP contribution in [0.15, 0.2) is 81.8 Å². The SMILES string of the molecule is O=C1OC(c2ccccc2)=N/C1=C\c1ccc(-c2cccc(Cl)c2)o1. The first-order valence-corrected chi connectivity index (χ1v) is 8.00. The van der Waals surface area contributed by atoms with Crippen molar-refractivity contribution in [1.82, 2.24) is 0 Å². The highest BCUT2D eigenvalue weighted by Crippen LogP contribution is 2.27. The second-order valence-electron chi connectivity index (χ2n) is 5.41. The quantitative estimate of drug-likeness (QED) is 0.497. The summed E-state index contributed by atoms with van der Waals surface area (Å²) in [6.45, 7) is 0. The van der Waals surface area contributed by atoms with Crippen LogP contribution in [0, 0.1) is 0 Å². The van der Waals surface area contributed by atoms with Crippen molar-refractivity contribution in [2.45, 2.75) is 0 Å². The number of ether oxygens (including phenoxy) is 1. The monoisotopic (exact) mass is 349 g/mol. The van der Waals surface area contributed by atoms with Crippen LogP contribution < -0.4 is 0 Å². The number of furan rings is 1. The third kappa shape index (κ3) is 3.25. The van der Waals surface area contributed by atoms with E-state index in [0.29, 0.717) is 22.4 Å². The van der Waals surface area contributed by atoms with Gasteiger partial charge in [0.1, 0.15) is 11.5 Å². The summed E-state index contributed by atoms with van der Waals surface area (Å²) in [4.78, 5) is 16.3. The molecule has 4 nitrogen and oxygen atoms in total. The lowest BCUT2D eigenvalue weighted by atomic mass is 10.2. The molecule has 0 radical (unpaired) electrons. The molecule has 1 aromatic heterocycles. The van der Waals surface area contributed by atoms with Crippen LogP contribution in [0.4, 0.5) is 0 Å². The Labute approximate surface area is 149 Å². The molecular formula is C20H12ClNO3. The van der Waals surface area contributed by atoms with E-state index in [1.54, 1.807) is 18.2 Å². The number of aliphatic imine (C=N–C) groups is 1. The van der Waals surface area contributed by atoms with Crippen LogP contribution in [-0.2, 0) is 9.53 Å². The van der Waals surface area contributed by atoms with E-state index in [-0.39, 0.29) is 5.70 Å². The fraction of sp³-hybridized carbons (Fsp3) is 0. The summed E-state index contributed by atoms with van der Waals surface area (Å²) in [5.41, 5.74) is 1.81. The lowest BCUT2D eigenvalue weighted by Crippen LogP contribution is -2.04. The van der Waals surface area contributed by atoms with Crippen molar-refractivity contribution in [1.29, 1.82) is 0 Å². The van der Waals surface area contributed by atoms with E-state index in [2.05, 4.69) is 4.99 Å². The van der Waals surface area contributed by atoms with Crippen molar-refractivity contribution in [2.75, 3.05) is 0 Å². The highest BCUT2D eigenvalue weighted by atomic mass is 35.5. The molecule has 0 spiro atoms. The minimum Gasteiger partial charge on any atom is -0.457 e. The summed E-state index contributed by atoms with van der Waals surface area (Å²) in [6.07, 6.45) is 1.56. The molecule has 0 unspecified atom stereocenters. The molecule has 3 aromatic rings. The Morgan fingerprint density at radius 2 is 1.72 bits per heavy atom. The fourth-order valence-corrected chi connectivity index (χ4v) is 2.67. The Morgan fingerprint density at radius 3 is 2.52 bits per heavy atom. The number of hydrogen-bond donors (Lipinski definition) is 0. The van der Waals surface area contributed by atoms with E-state index in [1.165, 1.54) is 0 Å². The molecule has 0 bridgehead atoms. The minimum absolute atomic E-state index is 0.200. The van der Waals surface area contributed by atoms with Crippen LogP contribution in [0.1, 0.15) is 11.3 Å². The predicted octanol–water partition coefficient (Wildman–Crippen LogP) is 4.94. The smallest absolute Gasteiger partial charge is 0.363 e. The summed E-state index contributed by atoms with van der Waals surface area (Å²) in [6, 6.07) is 20.2. The summed E-state index contributed by atoms with van der Waals surface area (Å²) < 4.78 is 11.0. The van der Waals surface area contributed by atoms with Crippen molar-refractivity contribution >= 4 is 29.5 Å². The highest BCUT2D eigenvalue weighted by molar-refractivity contribution is 6.30. The van der Waals surface area contributed by atoms with Crippen LogP contribution in [0.2, 0.25) is 5.02 Å². The molecule has 4 rings (SSSR count). The van der Waals surface area contributed by atoms with E-state index in [9.17, 15) is 4.79 Å². The molecule has 2 aromatic carbocycles. The maximum atomic E-state index is 12.0. The predicted molar refractivity (Wildman–Crippen MR) is 96.2 cm³/mol. The summed E-state index contributed by atoms with van der Waals surface area (Å²) in [5.74, 6) is 0.964. The third-order valence-corrected chi connectivity index (χ3v) is 3.89. The molecule has 1 aliphatic heterocycles. The average Bonchev–Trinajstić information content (AvgIpc) is 3.24. The summed E-state index contributed by atoms with van der Waals surface area (Å²) in [5, 5.41) is 0.630. The molecular weight excluding hydrogens is 338 g/mol. The average molecular weight is 350 g/mol. The molecule has 0 N–H and O–H groups in total. The van der Waals surface area contributed by atoms with Gasteiger partial charge < -0.3 is 9.15 Å². The lowest BCUT2D eigenvalue weighted by molar-refractivity contribution is -0.129. The van der Waals surface area contributed by atoms with Gasteiger partial charge in [0.15, 0.2) is 5.70 Å². The van der Waals surface area contributed by atoms with Gasteiger partial charge in [-0.2, -0.15) is 0 Å². The summed E-state index contributed by atoms with van der Waals surface area (Å²) in [7, 11) is 0. The number of rotatable bonds is 3. The number of nitrogens with zero attached hydrogens (tertiary/aromatic N) is 1. The Balaban J connectivity index is 1.63. The minimum atomic E-state index is -0.500. The molecule has 122 valence electrons. The number of carbonyl (C=O) groups is 1. The second kappa shape index (κ2) is 6.42. The van der Waals surface area contributed by atoms with Gasteiger partial charge in [-0.1, -0.05) is 41.9 Å². The number of halogens is 1. The molecule has 0 fully saturated rings. The molecule has 0 aliphatic carbocycles. The zero-order chi connectivity index (χ0) is 17.2. The van der Waals surface area contributed by atoms with Gasteiger partial charge in [0.2, 0.25) is 5.90 Å². The van der Waals surface area contributed by atoms with E-state index in [0.717, 1.165) is 11.1 Å². The molecule has 2 heterocycles. The van der Waals surface area contributed by atoms with Gasteiger partial charge in [-0.25, -0.2) is 9.79 Å². The molecule has 0 saturated carbocycles. The van der Waals surface area contributed by atoms with Gasteiger partial charge in [-0.05, 0) is 36.4 Å². The zero-order valence-electron chi connectivity index (χ0n) is 13.0. The van der Waals surface area contributed by atoms with Crippen molar-refractivity contribution < 1.29 is 13.9 Å². The maximum absolute atomic E-state index is 12.0. The number of hydrogen-bond acceptors (Lipinski definition) is 4. The zero-order valence-corrected chi connectivity index (χ0v) is 13.7. The van der Waals surface area contributed by atoms with Gasteiger partial charge in [-0.15, -0.1) is 0 Å². The van der Waals surface area contributed by atoms with Crippen LogP contribution in [-0.4, -0.2) is 11.9 Å². The van der Waals surface area contributed by atoms with Crippen LogP contribution >= 0.6 is 11.6 Å². The molecule has 0 amide bonds. The number of benzene rings is 2.